The number of hydrogen-bond donors (Lipinski definition) is 3. The van der Waals surface area contributed by atoms with Crippen molar-refractivity contribution in [1.82, 2.24) is 10.6 Å². The number of amides is 1. The number of thiocarbonyl (C=S) groups is 1. The van der Waals surface area contributed by atoms with E-state index in [0.29, 0.717) is 64.3 Å². The largest absolute Gasteiger partial charge is 0.444 e. The molecule has 0 atom stereocenters. The maximum Gasteiger partial charge on any atom is 0.407 e. The average molecular weight is 511 g/mol. The first-order chi connectivity index (χ1) is 16.8. The van der Waals surface area contributed by atoms with Gasteiger partial charge in [0.15, 0.2) is 11.2 Å². The lowest BCUT2D eigenvalue weighted by molar-refractivity contribution is 0.0137. The molecule has 0 aromatic heterocycles. The number of nitrogens with one attached hydrogen (secondary N) is 3. The Morgan fingerprint density at radius 2 is 1.49 bits per heavy atom. The van der Waals surface area contributed by atoms with Crippen molar-refractivity contribution in [3.05, 3.63) is 29.8 Å². The lowest BCUT2D eigenvalue weighted by Gasteiger charge is -2.19. The summed E-state index contributed by atoms with van der Waals surface area (Å²) >= 11 is 5.27. The SMILES string of the molecule is CC(C)(C)OC(=O)NCCCOCCOCCOCCCNC(=S)Nc1ccc(C#CC#N)cc1.[HH].[HH].[HH]. The second-order valence-corrected chi connectivity index (χ2v) is 8.70. The van der Waals surface area contributed by atoms with Crippen LogP contribution in [0.3, 0.4) is 0 Å². The smallest absolute Gasteiger partial charge is 0.407 e. The number of nitrogens with zero attached hydrogens (tertiary/aromatic N) is 1. The molecular formula is C25H42N4O5S. The van der Waals surface area contributed by atoms with Gasteiger partial charge in [-0.2, -0.15) is 5.26 Å². The second kappa shape index (κ2) is 18.4. The number of ether oxygens (including phenoxy) is 4. The highest BCUT2D eigenvalue weighted by Crippen LogP contribution is 2.08. The Balaban J connectivity index is -0.00000408. The maximum absolute atomic E-state index is 11.5. The van der Waals surface area contributed by atoms with Gasteiger partial charge < -0.3 is 34.9 Å². The Morgan fingerprint density at radius 3 is 2.03 bits per heavy atom. The lowest BCUT2D eigenvalue weighted by Crippen LogP contribution is -2.33. The van der Waals surface area contributed by atoms with Crippen molar-refractivity contribution in [2.45, 2.75) is 39.2 Å². The predicted octanol–water partition coefficient (Wildman–Crippen LogP) is 3.94. The number of benzene rings is 1. The summed E-state index contributed by atoms with van der Waals surface area (Å²) in [5.41, 5.74) is 1.13. The third-order valence-electron chi connectivity index (χ3n) is 4.03. The highest BCUT2D eigenvalue weighted by atomic mass is 32.1. The van der Waals surface area contributed by atoms with Crippen LogP contribution in [0.1, 0.15) is 43.5 Å². The van der Waals surface area contributed by atoms with E-state index < -0.39 is 11.7 Å². The maximum atomic E-state index is 11.5. The molecule has 9 nitrogen and oxygen atoms in total. The minimum Gasteiger partial charge on any atom is -0.444 e. The number of alkyl carbamates (subject to hydrolysis) is 1. The Kier molecular flexibility index (Phi) is 15.9. The molecule has 0 aliphatic carbocycles. The number of rotatable bonds is 15. The summed E-state index contributed by atoms with van der Waals surface area (Å²) in [7, 11) is 0. The monoisotopic (exact) mass is 510 g/mol. The first kappa shape index (κ1) is 30.1. The summed E-state index contributed by atoms with van der Waals surface area (Å²) in [4.78, 5) is 11.5. The van der Waals surface area contributed by atoms with E-state index in [2.05, 4.69) is 27.8 Å². The topological polar surface area (TPSA) is 114 Å². The third-order valence-corrected chi connectivity index (χ3v) is 4.28. The minimum absolute atomic E-state index is 0. The highest BCUT2D eigenvalue weighted by Gasteiger charge is 2.15. The molecular weight excluding hydrogens is 468 g/mol. The average Bonchev–Trinajstić information content (AvgIpc) is 2.80. The van der Waals surface area contributed by atoms with Gasteiger partial charge in [-0.15, -0.1) is 0 Å². The molecule has 1 amide bonds. The van der Waals surface area contributed by atoms with E-state index in [1.165, 1.54) is 0 Å². The zero-order valence-corrected chi connectivity index (χ0v) is 21.6. The zero-order chi connectivity index (χ0) is 25.8. The van der Waals surface area contributed by atoms with Crippen LogP contribution in [0.2, 0.25) is 0 Å². The Bertz CT molecular complexity index is 869. The Labute approximate surface area is 218 Å². The second-order valence-electron chi connectivity index (χ2n) is 8.29. The van der Waals surface area contributed by atoms with Crippen LogP contribution in [-0.2, 0) is 18.9 Å². The number of anilines is 1. The summed E-state index contributed by atoms with van der Waals surface area (Å²) in [6, 6.07) is 9.14. The van der Waals surface area contributed by atoms with E-state index in [1.807, 2.05) is 45.0 Å². The van der Waals surface area contributed by atoms with Gasteiger partial charge in [-0.25, -0.2) is 4.79 Å². The normalized spacial score (nSPS) is 10.5. The number of hydrogen-bond acceptors (Lipinski definition) is 7. The van der Waals surface area contributed by atoms with E-state index in [9.17, 15) is 4.79 Å². The molecule has 0 spiro atoms. The quantitative estimate of drug-likeness (QED) is 0.183. The van der Waals surface area contributed by atoms with Crippen LogP contribution in [0.4, 0.5) is 10.5 Å². The van der Waals surface area contributed by atoms with Gasteiger partial charge in [0.2, 0.25) is 0 Å². The molecule has 1 aromatic rings. The van der Waals surface area contributed by atoms with E-state index in [4.69, 9.17) is 36.4 Å². The fourth-order valence-electron chi connectivity index (χ4n) is 2.51. The summed E-state index contributed by atoms with van der Waals surface area (Å²) < 4.78 is 21.6. The standard InChI is InChI=1S/C25H36N4O5S.3H2/c1-25(2,3)34-24(30)28-14-6-16-32-18-20-33-19-17-31-15-5-13-27-23(35)29-22-10-8-21(9-11-22)7-4-12-26;;;/h8-11H,5-6,13-20H2,1-3H3,(H,28,30)(H2,27,29,35);3*1H. The molecule has 0 saturated carbocycles. The van der Waals surface area contributed by atoms with Crippen LogP contribution in [0, 0.1) is 23.2 Å². The van der Waals surface area contributed by atoms with Crippen LogP contribution in [0.15, 0.2) is 24.3 Å². The van der Waals surface area contributed by atoms with Crippen molar-refractivity contribution in [2.75, 3.05) is 58.0 Å². The predicted molar refractivity (Wildman–Crippen MR) is 145 cm³/mol. The fourth-order valence-corrected chi connectivity index (χ4v) is 2.73. The molecule has 35 heavy (non-hydrogen) atoms. The number of carbonyl (C=O) groups is 1. The Hall–Kier alpha value is -2.89. The van der Waals surface area contributed by atoms with Crippen molar-refractivity contribution < 1.29 is 28.0 Å². The van der Waals surface area contributed by atoms with Gasteiger partial charge in [-0.1, -0.05) is 5.92 Å². The summed E-state index contributed by atoms with van der Waals surface area (Å²) in [6.45, 7) is 9.84. The molecule has 0 aliphatic heterocycles. The molecule has 1 aromatic carbocycles. The zero-order valence-electron chi connectivity index (χ0n) is 20.8. The van der Waals surface area contributed by atoms with Crippen LogP contribution < -0.4 is 16.0 Å². The molecule has 198 valence electrons. The van der Waals surface area contributed by atoms with Crippen LogP contribution >= 0.6 is 12.2 Å². The summed E-state index contributed by atoms with van der Waals surface area (Å²) in [5.74, 6) is 5.09. The molecule has 1 rings (SSSR count). The van der Waals surface area contributed by atoms with Crippen LogP contribution in [-0.4, -0.2) is 69.5 Å². The lowest BCUT2D eigenvalue weighted by atomic mass is 10.2. The van der Waals surface area contributed by atoms with Gasteiger partial charge in [0, 0.05) is 47.8 Å². The molecule has 0 saturated heterocycles. The van der Waals surface area contributed by atoms with Crippen molar-refractivity contribution in [2.24, 2.45) is 0 Å². The van der Waals surface area contributed by atoms with E-state index >= 15 is 0 Å². The van der Waals surface area contributed by atoms with Gasteiger partial charge >= 0.3 is 6.09 Å². The van der Waals surface area contributed by atoms with Crippen molar-refractivity contribution in [1.29, 1.82) is 5.26 Å². The fraction of sp³-hybridized carbons (Fsp3) is 0.560. The first-order valence-corrected chi connectivity index (χ1v) is 12.0. The highest BCUT2D eigenvalue weighted by molar-refractivity contribution is 7.80. The first-order valence-electron chi connectivity index (χ1n) is 11.6. The number of nitriles is 1. The molecule has 0 aliphatic rings. The molecule has 0 unspecified atom stereocenters. The van der Waals surface area contributed by atoms with Crippen molar-refractivity contribution in [3.8, 4) is 17.9 Å². The molecule has 0 bridgehead atoms. The van der Waals surface area contributed by atoms with Gasteiger partial charge in [0.05, 0.1) is 26.4 Å². The number of carbonyl (C=O) groups excluding carboxylic acids is 1. The summed E-state index contributed by atoms with van der Waals surface area (Å²) in [5, 5.41) is 17.9. The van der Waals surface area contributed by atoms with Crippen LogP contribution in [0.5, 0.6) is 0 Å². The third kappa shape index (κ3) is 18.2. The molecule has 0 fully saturated rings. The minimum atomic E-state index is -0.491. The van der Waals surface area contributed by atoms with Gasteiger partial charge in [-0.05, 0) is 70.1 Å². The van der Waals surface area contributed by atoms with Gasteiger partial charge in [0.25, 0.3) is 0 Å². The van der Waals surface area contributed by atoms with Crippen molar-refractivity contribution in [3.63, 3.8) is 0 Å². The van der Waals surface area contributed by atoms with Crippen molar-refractivity contribution >= 4 is 29.1 Å². The summed E-state index contributed by atoms with van der Waals surface area (Å²) in [6.07, 6.45) is 1.10. The van der Waals surface area contributed by atoms with E-state index in [0.717, 1.165) is 17.7 Å². The van der Waals surface area contributed by atoms with Gasteiger partial charge in [-0.3, -0.25) is 0 Å². The molecule has 0 radical (unpaired) electrons. The van der Waals surface area contributed by atoms with Crippen LogP contribution in [0.25, 0.3) is 0 Å². The van der Waals surface area contributed by atoms with Gasteiger partial charge in [0.1, 0.15) is 5.60 Å². The van der Waals surface area contributed by atoms with E-state index in [-0.39, 0.29) is 4.28 Å². The Morgan fingerprint density at radius 1 is 0.943 bits per heavy atom. The van der Waals surface area contributed by atoms with E-state index in [1.54, 1.807) is 6.07 Å². The molecule has 10 heteroatoms. The molecule has 3 N–H and O–H groups in total. The molecule has 0 heterocycles.